The fraction of sp³-hybridized carbons (Fsp3) is 0.161. The summed E-state index contributed by atoms with van der Waals surface area (Å²) >= 11 is 1.24. The number of benzene rings is 3. The number of ether oxygens (including phenoxy) is 1. The van der Waals surface area contributed by atoms with Crippen LogP contribution in [0.3, 0.4) is 0 Å². The van der Waals surface area contributed by atoms with Gasteiger partial charge in [0.1, 0.15) is 10.8 Å². The molecule has 200 valence electrons. The lowest BCUT2D eigenvalue weighted by Gasteiger charge is -2.24. The maximum Gasteiger partial charge on any atom is 0.296 e. The number of amides is 1. The van der Waals surface area contributed by atoms with E-state index in [2.05, 4.69) is 15.0 Å². The van der Waals surface area contributed by atoms with Gasteiger partial charge in [0, 0.05) is 5.56 Å². The molecule has 5 aromatic rings. The number of fused-ring (bicyclic) bond motifs is 1. The van der Waals surface area contributed by atoms with Crippen molar-refractivity contribution in [1.29, 1.82) is 0 Å². The summed E-state index contributed by atoms with van der Waals surface area (Å²) in [6, 6.07) is 19.7. The van der Waals surface area contributed by atoms with Gasteiger partial charge in [-0.2, -0.15) is 0 Å². The summed E-state index contributed by atoms with van der Waals surface area (Å²) in [5, 5.41) is 11.9. The molecule has 2 N–H and O–H groups in total. The number of aliphatic hydroxyl groups excluding tert-OH is 1. The van der Waals surface area contributed by atoms with E-state index in [1.165, 1.54) is 16.2 Å². The van der Waals surface area contributed by atoms with Crippen molar-refractivity contribution >= 4 is 40.0 Å². The zero-order valence-corrected chi connectivity index (χ0v) is 23.2. The van der Waals surface area contributed by atoms with Crippen molar-refractivity contribution in [2.24, 2.45) is 0 Å². The quantitative estimate of drug-likeness (QED) is 0.237. The number of ketones is 1. The van der Waals surface area contributed by atoms with Gasteiger partial charge in [0.15, 0.2) is 5.76 Å². The number of nitrogens with one attached hydrogen (secondary N) is 1. The third-order valence-corrected chi connectivity index (χ3v) is 8.40. The molecule has 1 amide bonds. The Morgan fingerprint density at radius 3 is 2.50 bits per heavy atom. The highest BCUT2D eigenvalue weighted by atomic mass is 32.1. The Morgan fingerprint density at radius 1 is 1.00 bits per heavy atom. The van der Waals surface area contributed by atoms with Crippen LogP contribution in [0.1, 0.15) is 38.1 Å². The van der Waals surface area contributed by atoms with E-state index in [9.17, 15) is 14.7 Å². The number of carbonyl (C=O) groups is 2. The molecule has 0 saturated heterocycles. The van der Waals surface area contributed by atoms with Crippen molar-refractivity contribution in [3.05, 3.63) is 105 Å². The normalized spacial score (nSPS) is 15.3. The van der Waals surface area contributed by atoms with Crippen LogP contribution in [0.15, 0.2) is 78.1 Å². The van der Waals surface area contributed by atoms with Gasteiger partial charge in [-0.3, -0.25) is 14.5 Å². The third kappa shape index (κ3) is 4.15. The lowest BCUT2D eigenvalue weighted by Crippen LogP contribution is -2.32. The van der Waals surface area contributed by atoms with Crippen molar-refractivity contribution in [1.82, 2.24) is 15.0 Å². The molecule has 0 aliphatic carbocycles. The number of H-pyrrole nitrogens is 1. The molecule has 0 fully saturated rings. The fourth-order valence-electron chi connectivity index (χ4n) is 4.99. The maximum absolute atomic E-state index is 14.2. The minimum Gasteiger partial charge on any atom is -0.503 e. The van der Waals surface area contributed by atoms with Crippen molar-refractivity contribution in [3.63, 3.8) is 0 Å². The van der Waals surface area contributed by atoms with E-state index >= 15 is 0 Å². The summed E-state index contributed by atoms with van der Waals surface area (Å²) in [7, 11) is 1.55. The van der Waals surface area contributed by atoms with Gasteiger partial charge < -0.3 is 14.8 Å². The van der Waals surface area contributed by atoms with Crippen molar-refractivity contribution in [2.45, 2.75) is 26.8 Å². The number of anilines is 1. The van der Waals surface area contributed by atoms with Gasteiger partial charge in [0.2, 0.25) is 11.7 Å². The molecule has 40 heavy (non-hydrogen) atoms. The minimum absolute atomic E-state index is 0.0302. The largest absolute Gasteiger partial charge is 0.503 e. The van der Waals surface area contributed by atoms with Crippen molar-refractivity contribution in [2.75, 3.05) is 12.0 Å². The predicted molar refractivity (Wildman–Crippen MR) is 155 cm³/mol. The summed E-state index contributed by atoms with van der Waals surface area (Å²) in [6.45, 7) is 5.75. The molecule has 1 aliphatic rings. The van der Waals surface area contributed by atoms with Crippen LogP contribution < -0.4 is 9.64 Å². The molecule has 0 radical (unpaired) electrons. The van der Waals surface area contributed by atoms with Crippen LogP contribution in [0.4, 0.5) is 5.95 Å². The molecular weight excluding hydrogens is 524 g/mol. The first-order valence-electron chi connectivity index (χ1n) is 12.7. The fourth-order valence-corrected chi connectivity index (χ4v) is 6.01. The highest BCUT2D eigenvalue weighted by Crippen LogP contribution is 2.43. The number of methoxy groups -OCH3 is 1. The van der Waals surface area contributed by atoms with Crippen molar-refractivity contribution < 1.29 is 19.4 Å². The van der Waals surface area contributed by atoms with E-state index in [0.29, 0.717) is 32.4 Å². The van der Waals surface area contributed by atoms with Crippen LogP contribution in [0.25, 0.3) is 21.6 Å². The average molecular weight is 551 g/mol. The number of aromatic nitrogens is 3. The second kappa shape index (κ2) is 9.77. The second-order valence-corrected chi connectivity index (χ2v) is 10.8. The zero-order chi connectivity index (χ0) is 28.1. The Balaban J connectivity index is 1.50. The number of Topliss-reactive ketones (excluding diaryl/α,β-unsaturated/α-hetero) is 1. The van der Waals surface area contributed by atoms with Gasteiger partial charge in [-0.05, 0) is 61.7 Å². The molecule has 0 saturated carbocycles. The third-order valence-electron chi connectivity index (χ3n) is 7.20. The first-order chi connectivity index (χ1) is 19.3. The summed E-state index contributed by atoms with van der Waals surface area (Å²) in [5.74, 6) is -0.993. The molecule has 1 aliphatic heterocycles. The Morgan fingerprint density at radius 2 is 1.75 bits per heavy atom. The SMILES string of the molecule is COc1cccc(C2C(C(=O)c3sc(-c4ccccc4)nc3C)=C(O)C(=O)N2c2nc3cc(C)c(C)cc3[nH]2)c1. The van der Waals surface area contributed by atoms with Gasteiger partial charge in [0.25, 0.3) is 5.91 Å². The van der Waals surface area contributed by atoms with Crippen LogP contribution in [-0.4, -0.2) is 38.9 Å². The molecule has 1 unspecified atom stereocenters. The summed E-state index contributed by atoms with van der Waals surface area (Å²) < 4.78 is 5.44. The Kier molecular flexibility index (Phi) is 6.23. The van der Waals surface area contributed by atoms with Gasteiger partial charge in [-0.1, -0.05) is 42.5 Å². The van der Waals surface area contributed by atoms with E-state index in [4.69, 9.17) is 4.74 Å². The van der Waals surface area contributed by atoms with Crippen molar-refractivity contribution in [3.8, 4) is 16.3 Å². The highest BCUT2D eigenvalue weighted by Gasteiger charge is 2.46. The lowest BCUT2D eigenvalue weighted by molar-refractivity contribution is -0.117. The number of hydrogen-bond donors (Lipinski definition) is 2. The van der Waals surface area contributed by atoms with E-state index in [0.717, 1.165) is 22.2 Å². The van der Waals surface area contributed by atoms with Gasteiger partial charge in [0.05, 0.1) is 40.3 Å². The second-order valence-electron chi connectivity index (χ2n) is 9.76. The monoisotopic (exact) mass is 550 g/mol. The standard InChI is InChI=1S/C31H26N4O4S/c1-16-13-22-23(14-17(16)2)34-31(33-22)35-25(20-11-8-12-21(15-20)39-4)24(27(37)30(35)38)26(36)28-18(3)32-29(40-28)19-9-6-5-7-10-19/h5-15,25,37H,1-4H3,(H,33,34). The molecule has 2 aromatic heterocycles. The maximum atomic E-state index is 14.2. The van der Waals surface area contributed by atoms with E-state index in [1.807, 2.05) is 56.3 Å². The number of aliphatic hydroxyl groups is 1. The topological polar surface area (TPSA) is 108 Å². The van der Waals surface area contributed by atoms with Crippen LogP contribution in [0.5, 0.6) is 5.75 Å². The molecule has 0 bridgehead atoms. The number of hydrogen-bond acceptors (Lipinski definition) is 7. The molecule has 3 aromatic carbocycles. The molecular formula is C31H26N4O4S. The van der Waals surface area contributed by atoms with Gasteiger partial charge >= 0.3 is 0 Å². The highest BCUT2D eigenvalue weighted by molar-refractivity contribution is 7.17. The molecule has 9 heteroatoms. The van der Waals surface area contributed by atoms with Crippen LogP contribution in [0, 0.1) is 20.8 Å². The lowest BCUT2D eigenvalue weighted by atomic mass is 9.95. The number of aryl methyl sites for hydroxylation is 3. The summed E-state index contributed by atoms with van der Waals surface area (Å²) in [6.07, 6.45) is 0. The smallest absolute Gasteiger partial charge is 0.296 e. The number of carbonyl (C=O) groups excluding carboxylic acids is 2. The van der Waals surface area contributed by atoms with E-state index < -0.39 is 23.5 Å². The molecule has 6 rings (SSSR count). The summed E-state index contributed by atoms with van der Waals surface area (Å²) in [4.78, 5) is 42.1. The Hall–Kier alpha value is -4.76. The zero-order valence-electron chi connectivity index (χ0n) is 22.4. The number of nitrogens with zero attached hydrogens (tertiary/aromatic N) is 3. The minimum atomic E-state index is -0.945. The van der Waals surface area contributed by atoms with Gasteiger partial charge in [-0.15, -0.1) is 11.3 Å². The average Bonchev–Trinajstić information content (AvgIpc) is 3.62. The molecule has 3 heterocycles. The van der Waals surface area contributed by atoms with Gasteiger partial charge in [-0.25, -0.2) is 9.97 Å². The van der Waals surface area contributed by atoms with Crippen LogP contribution in [0.2, 0.25) is 0 Å². The number of thiazole rings is 1. The first-order valence-corrected chi connectivity index (χ1v) is 13.5. The molecule has 1 atom stereocenters. The Bertz CT molecular complexity index is 1800. The Labute approximate surface area is 234 Å². The predicted octanol–water partition coefficient (Wildman–Crippen LogP) is 6.40. The van der Waals surface area contributed by atoms with E-state index in [1.54, 1.807) is 38.3 Å². The molecule has 0 spiro atoms. The number of imidazole rings is 1. The van der Waals surface area contributed by atoms with Crippen LogP contribution >= 0.6 is 11.3 Å². The van der Waals surface area contributed by atoms with E-state index in [-0.39, 0.29) is 11.5 Å². The molecule has 8 nitrogen and oxygen atoms in total. The number of rotatable bonds is 6. The van der Waals surface area contributed by atoms with Crippen LogP contribution in [-0.2, 0) is 4.79 Å². The first kappa shape index (κ1) is 25.5. The summed E-state index contributed by atoms with van der Waals surface area (Å²) in [5.41, 5.74) is 5.55. The number of aromatic amines is 1.